The lowest BCUT2D eigenvalue weighted by molar-refractivity contribution is -0.130. The summed E-state index contributed by atoms with van der Waals surface area (Å²) in [6, 6.07) is 16.3. The molecule has 0 spiro atoms. The van der Waals surface area contributed by atoms with E-state index in [4.69, 9.17) is 4.74 Å². The lowest BCUT2D eigenvalue weighted by Gasteiger charge is -2.23. The van der Waals surface area contributed by atoms with E-state index in [1.54, 1.807) is 0 Å². The molecule has 1 fully saturated rings. The van der Waals surface area contributed by atoms with Crippen LogP contribution in [0.2, 0.25) is 0 Å². The number of fused-ring (bicyclic) bond motifs is 1. The summed E-state index contributed by atoms with van der Waals surface area (Å²) in [5.41, 5.74) is 1.64. The SMILES string of the molecule is O=C(NCC(=O)N1CCC[C@H]1C(=O)c1nc2ccccc2s1)OCc1ccccc1. The van der Waals surface area contributed by atoms with Crippen LogP contribution in [0.25, 0.3) is 10.2 Å². The van der Waals surface area contributed by atoms with Gasteiger partial charge in [0.1, 0.15) is 13.2 Å². The van der Waals surface area contributed by atoms with Crippen molar-refractivity contribution in [1.29, 1.82) is 0 Å². The Kier molecular flexibility index (Phi) is 6.04. The van der Waals surface area contributed by atoms with E-state index in [0.29, 0.717) is 18.0 Å². The first-order valence-corrected chi connectivity index (χ1v) is 10.6. The first-order valence-electron chi connectivity index (χ1n) is 9.75. The minimum Gasteiger partial charge on any atom is -0.445 e. The molecule has 0 saturated carbocycles. The fraction of sp³-hybridized carbons (Fsp3) is 0.273. The molecule has 1 aliphatic rings. The molecule has 0 aliphatic carbocycles. The van der Waals surface area contributed by atoms with Gasteiger partial charge in [0.25, 0.3) is 0 Å². The highest BCUT2D eigenvalue weighted by atomic mass is 32.1. The molecule has 2 amide bonds. The van der Waals surface area contributed by atoms with Gasteiger partial charge in [0, 0.05) is 6.54 Å². The molecule has 30 heavy (non-hydrogen) atoms. The van der Waals surface area contributed by atoms with E-state index in [0.717, 1.165) is 22.2 Å². The zero-order valence-corrected chi connectivity index (χ0v) is 17.1. The highest BCUT2D eigenvalue weighted by molar-refractivity contribution is 7.20. The average molecular weight is 423 g/mol. The van der Waals surface area contributed by atoms with Gasteiger partial charge in [-0.1, -0.05) is 42.5 Å². The third kappa shape index (κ3) is 4.49. The summed E-state index contributed by atoms with van der Waals surface area (Å²) in [4.78, 5) is 43.4. The second kappa shape index (κ2) is 9.04. The number of rotatable bonds is 6. The number of ketones is 1. The number of amides is 2. The normalized spacial score (nSPS) is 15.9. The Hall–Kier alpha value is -3.26. The van der Waals surface area contributed by atoms with Gasteiger partial charge in [-0.15, -0.1) is 11.3 Å². The number of nitrogens with one attached hydrogen (secondary N) is 1. The molecule has 0 radical (unpaired) electrons. The molecule has 1 aromatic heterocycles. The molecule has 1 saturated heterocycles. The number of Topliss-reactive ketones (excluding diaryl/α,β-unsaturated/α-hetero) is 1. The molecule has 2 aromatic carbocycles. The molecular weight excluding hydrogens is 402 g/mol. The van der Waals surface area contributed by atoms with E-state index in [1.165, 1.54) is 16.2 Å². The number of carbonyl (C=O) groups excluding carboxylic acids is 3. The Morgan fingerprint density at radius 2 is 1.87 bits per heavy atom. The maximum Gasteiger partial charge on any atom is 0.407 e. The number of likely N-dealkylation sites (tertiary alicyclic amines) is 1. The molecule has 7 nitrogen and oxygen atoms in total. The van der Waals surface area contributed by atoms with Crippen molar-refractivity contribution in [2.24, 2.45) is 0 Å². The highest BCUT2D eigenvalue weighted by Gasteiger charge is 2.35. The van der Waals surface area contributed by atoms with E-state index in [9.17, 15) is 14.4 Å². The summed E-state index contributed by atoms with van der Waals surface area (Å²) >= 11 is 1.34. The maximum absolute atomic E-state index is 13.0. The van der Waals surface area contributed by atoms with Crippen molar-refractivity contribution in [1.82, 2.24) is 15.2 Å². The Morgan fingerprint density at radius 1 is 1.10 bits per heavy atom. The van der Waals surface area contributed by atoms with Gasteiger partial charge in [0.05, 0.1) is 16.3 Å². The van der Waals surface area contributed by atoms with E-state index >= 15 is 0 Å². The van der Waals surface area contributed by atoms with Crippen molar-refractivity contribution < 1.29 is 19.1 Å². The van der Waals surface area contributed by atoms with Crippen LogP contribution in [0.5, 0.6) is 0 Å². The van der Waals surface area contributed by atoms with Gasteiger partial charge in [0.2, 0.25) is 11.7 Å². The molecule has 4 rings (SSSR count). The van der Waals surface area contributed by atoms with Crippen LogP contribution in [0, 0.1) is 0 Å². The Morgan fingerprint density at radius 3 is 2.67 bits per heavy atom. The van der Waals surface area contributed by atoms with E-state index < -0.39 is 12.1 Å². The van der Waals surface area contributed by atoms with Crippen LogP contribution < -0.4 is 5.32 Å². The topological polar surface area (TPSA) is 88.6 Å². The third-order valence-electron chi connectivity index (χ3n) is 4.98. The highest BCUT2D eigenvalue weighted by Crippen LogP contribution is 2.27. The summed E-state index contributed by atoms with van der Waals surface area (Å²) in [6.07, 6.45) is 0.671. The predicted octanol–water partition coefficient (Wildman–Crippen LogP) is 3.40. The molecule has 0 bridgehead atoms. The van der Waals surface area contributed by atoms with Crippen LogP contribution in [0.3, 0.4) is 0 Å². The number of hydrogen-bond donors (Lipinski definition) is 1. The fourth-order valence-corrected chi connectivity index (χ4v) is 4.44. The number of thiazole rings is 1. The van der Waals surface area contributed by atoms with Crippen molar-refractivity contribution >= 4 is 39.3 Å². The van der Waals surface area contributed by atoms with Crippen LogP contribution in [0.1, 0.15) is 28.2 Å². The number of benzene rings is 2. The smallest absolute Gasteiger partial charge is 0.407 e. The zero-order valence-electron chi connectivity index (χ0n) is 16.2. The molecule has 1 aliphatic heterocycles. The largest absolute Gasteiger partial charge is 0.445 e. The number of para-hydroxylation sites is 1. The Labute approximate surface area is 177 Å². The number of nitrogens with zero attached hydrogens (tertiary/aromatic N) is 2. The Bertz CT molecular complexity index is 1030. The van der Waals surface area contributed by atoms with Gasteiger partial charge < -0.3 is 15.0 Å². The van der Waals surface area contributed by atoms with Crippen molar-refractivity contribution in [2.75, 3.05) is 13.1 Å². The van der Waals surface area contributed by atoms with Crippen LogP contribution in [0.4, 0.5) is 4.79 Å². The van der Waals surface area contributed by atoms with E-state index in [2.05, 4.69) is 10.3 Å². The zero-order chi connectivity index (χ0) is 20.9. The van der Waals surface area contributed by atoms with Crippen molar-refractivity contribution in [3.05, 3.63) is 65.2 Å². The standard InChI is InChI=1S/C22H21N3O4S/c26-19(13-23-22(28)29-14-15-7-2-1-3-8-15)25-12-6-10-17(25)20(27)21-24-16-9-4-5-11-18(16)30-21/h1-5,7-9,11,17H,6,10,12-14H2,(H,23,28)/t17-/m0/s1. The molecule has 3 aromatic rings. The predicted molar refractivity (Wildman–Crippen MR) is 113 cm³/mol. The van der Waals surface area contributed by atoms with Gasteiger partial charge in [-0.25, -0.2) is 9.78 Å². The fourth-order valence-electron chi connectivity index (χ4n) is 3.48. The molecule has 1 N–H and O–H groups in total. The second-order valence-electron chi connectivity index (χ2n) is 7.01. The van der Waals surface area contributed by atoms with Crippen LogP contribution in [-0.4, -0.2) is 46.8 Å². The maximum atomic E-state index is 13.0. The molecule has 2 heterocycles. The monoisotopic (exact) mass is 423 g/mol. The number of hydrogen-bond acceptors (Lipinski definition) is 6. The van der Waals surface area contributed by atoms with Crippen molar-refractivity contribution in [3.63, 3.8) is 0 Å². The lowest BCUT2D eigenvalue weighted by atomic mass is 10.1. The van der Waals surface area contributed by atoms with Gasteiger partial charge >= 0.3 is 6.09 Å². The summed E-state index contributed by atoms with van der Waals surface area (Å²) < 4.78 is 6.07. The number of aromatic nitrogens is 1. The van der Waals surface area contributed by atoms with Crippen LogP contribution >= 0.6 is 11.3 Å². The number of alkyl carbamates (subject to hydrolysis) is 1. The Balaban J connectivity index is 1.32. The summed E-state index contributed by atoms with van der Waals surface area (Å²) in [6.45, 7) is 0.404. The van der Waals surface area contributed by atoms with Crippen molar-refractivity contribution in [3.8, 4) is 0 Å². The number of carbonyl (C=O) groups is 3. The van der Waals surface area contributed by atoms with E-state index in [-0.39, 0.29) is 24.8 Å². The third-order valence-corrected chi connectivity index (χ3v) is 6.03. The van der Waals surface area contributed by atoms with Gasteiger partial charge in [-0.3, -0.25) is 9.59 Å². The van der Waals surface area contributed by atoms with Crippen LogP contribution in [0.15, 0.2) is 54.6 Å². The summed E-state index contributed by atoms with van der Waals surface area (Å²) in [5.74, 6) is -0.447. The first kappa shape index (κ1) is 20.0. The quantitative estimate of drug-likeness (QED) is 0.614. The molecule has 1 atom stereocenters. The molecular formula is C22H21N3O4S. The minimum atomic E-state index is -0.666. The molecule has 0 unspecified atom stereocenters. The number of ether oxygens (including phenoxy) is 1. The summed E-state index contributed by atoms with van der Waals surface area (Å²) in [5, 5.41) is 2.89. The average Bonchev–Trinajstić information content (AvgIpc) is 3.43. The summed E-state index contributed by atoms with van der Waals surface area (Å²) in [7, 11) is 0. The molecule has 154 valence electrons. The van der Waals surface area contributed by atoms with Gasteiger partial charge in [0.15, 0.2) is 5.01 Å². The van der Waals surface area contributed by atoms with Gasteiger partial charge in [-0.05, 0) is 30.5 Å². The van der Waals surface area contributed by atoms with Gasteiger partial charge in [-0.2, -0.15) is 0 Å². The minimum absolute atomic E-state index is 0.128. The molecule has 8 heteroatoms. The van der Waals surface area contributed by atoms with E-state index in [1.807, 2.05) is 54.6 Å². The van der Waals surface area contributed by atoms with Crippen molar-refractivity contribution in [2.45, 2.75) is 25.5 Å². The lowest BCUT2D eigenvalue weighted by Crippen LogP contribution is -2.45. The second-order valence-corrected chi connectivity index (χ2v) is 8.04. The van der Waals surface area contributed by atoms with Crippen LogP contribution in [-0.2, 0) is 16.1 Å². The first-order chi connectivity index (χ1) is 14.6.